The fourth-order valence-corrected chi connectivity index (χ4v) is 3.54. The van der Waals surface area contributed by atoms with Gasteiger partial charge in [0.05, 0.1) is 15.7 Å². The highest BCUT2D eigenvalue weighted by atomic mass is 14.4. The fraction of sp³-hybridized carbons (Fsp3) is 1.00. The normalized spacial score (nSPS) is 40.2. The van der Waals surface area contributed by atoms with E-state index in [0.717, 1.165) is 11.8 Å². The van der Waals surface area contributed by atoms with E-state index in [2.05, 4.69) is 0 Å². The van der Waals surface area contributed by atoms with E-state index in [4.69, 9.17) is 15.7 Å². The van der Waals surface area contributed by atoms with Crippen molar-refractivity contribution in [2.24, 2.45) is 17.8 Å². The number of hydrogen-bond donors (Lipinski definition) is 0. The summed E-state index contributed by atoms with van der Waals surface area (Å²) in [6.45, 7) is 2.00. The monoisotopic (exact) mass is 172 g/mol. The van der Waals surface area contributed by atoms with Crippen molar-refractivity contribution in [3.63, 3.8) is 0 Å². The van der Waals surface area contributed by atoms with Crippen LogP contribution < -0.4 is 0 Å². The predicted molar refractivity (Wildman–Crippen MR) is 58.0 cm³/mol. The maximum absolute atomic E-state index is 6.04. The van der Waals surface area contributed by atoms with Crippen molar-refractivity contribution in [2.75, 3.05) is 0 Å². The summed E-state index contributed by atoms with van der Waals surface area (Å²) in [5.74, 6) is 2.37. The Morgan fingerprint density at radius 3 is 2.23 bits per heavy atom. The molecule has 0 saturated heterocycles. The number of rotatable bonds is 1. The molecule has 0 aromatic rings. The topological polar surface area (TPSA) is 0 Å². The van der Waals surface area contributed by atoms with Crippen molar-refractivity contribution in [3.8, 4) is 0 Å². The van der Waals surface area contributed by atoms with Crippen LogP contribution in [0.25, 0.3) is 0 Å². The van der Waals surface area contributed by atoms with Crippen molar-refractivity contribution in [3.05, 3.63) is 0 Å². The molecule has 68 valence electrons. The first-order valence-electron chi connectivity index (χ1n) is 5.67. The van der Waals surface area contributed by atoms with E-state index in [9.17, 15) is 0 Å². The quantitative estimate of drug-likeness (QED) is 0.533. The molecule has 2 fully saturated rings. The molecule has 0 aromatic heterocycles. The molecule has 2 aliphatic carbocycles. The maximum atomic E-state index is 6.04. The van der Waals surface area contributed by atoms with E-state index in [1.807, 2.05) is 6.92 Å². The van der Waals surface area contributed by atoms with E-state index in [-0.39, 0.29) is 0 Å². The van der Waals surface area contributed by atoms with Gasteiger partial charge >= 0.3 is 0 Å². The lowest BCUT2D eigenvalue weighted by Gasteiger charge is -2.43. The standard InChI is InChI=1S/C11H18B2/c1-11(12,13)10-7-3-5-8-4-2-6-9(8)10/h8-10H,2-7H2,1H3. The Morgan fingerprint density at radius 2 is 1.62 bits per heavy atom. The number of fused-ring (bicyclic) bond motifs is 1. The van der Waals surface area contributed by atoms with Gasteiger partial charge in [0.2, 0.25) is 0 Å². The summed E-state index contributed by atoms with van der Waals surface area (Å²) < 4.78 is 0. The zero-order chi connectivity index (χ0) is 9.47. The second kappa shape index (κ2) is 3.37. The van der Waals surface area contributed by atoms with Crippen molar-refractivity contribution in [1.82, 2.24) is 0 Å². The van der Waals surface area contributed by atoms with Crippen LogP contribution in [0.2, 0.25) is 5.21 Å². The van der Waals surface area contributed by atoms with Gasteiger partial charge in [-0.25, -0.2) is 0 Å². The molecule has 0 N–H and O–H groups in total. The summed E-state index contributed by atoms with van der Waals surface area (Å²) in [6.07, 6.45) is 8.23. The van der Waals surface area contributed by atoms with Gasteiger partial charge in [-0.3, -0.25) is 0 Å². The first-order chi connectivity index (χ1) is 6.09. The summed E-state index contributed by atoms with van der Waals surface area (Å²) >= 11 is 0. The highest BCUT2D eigenvalue weighted by Crippen LogP contribution is 2.51. The zero-order valence-electron chi connectivity index (χ0n) is 8.63. The van der Waals surface area contributed by atoms with Crippen LogP contribution in [0.4, 0.5) is 0 Å². The van der Waals surface area contributed by atoms with E-state index < -0.39 is 5.21 Å². The molecule has 0 aliphatic heterocycles. The third-order valence-electron chi connectivity index (χ3n) is 4.12. The Hall–Kier alpha value is 0.130. The molecule has 0 bridgehead atoms. The van der Waals surface area contributed by atoms with Gasteiger partial charge in [-0.1, -0.05) is 44.2 Å². The molecule has 0 aromatic carbocycles. The van der Waals surface area contributed by atoms with Crippen LogP contribution in [0.15, 0.2) is 0 Å². The van der Waals surface area contributed by atoms with Crippen molar-refractivity contribution in [2.45, 2.75) is 50.7 Å². The third-order valence-corrected chi connectivity index (χ3v) is 4.12. The van der Waals surface area contributed by atoms with Gasteiger partial charge in [-0.15, -0.1) is 0 Å². The van der Waals surface area contributed by atoms with Crippen LogP contribution in [-0.2, 0) is 0 Å². The fourth-order valence-electron chi connectivity index (χ4n) is 3.54. The minimum Gasteiger partial charge on any atom is -0.0987 e. The molecular weight excluding hydrogens is 154 g/mol. The Kier molecular flexibility index (Phi) is 2.50. The maximum Gasteiger partial charge on any atom is 0.0620 e. The van der Waals surface area contributed by atoms with Gasteiger partial charge < -0.3 is 0 Å². The van der Waals surface area contributed by atoms with Crippen LogP contribution in [0.1, 0.15) is 45.4 Å². The van der Waals surface area contributed by atoms with Crippen LogP contribution in [0, 0.1) is 17.8 Å². The van der Waals surface area contributed by atoms with E-state index >= 15 is 0 Å². The van der Waals surface area contributed by atoms with Gasteiger partial charge in [0.25, 0.3) is 0 Å². The second-order valence-electron chi connectivity index (χ2n) is 5.26. The molecule has 4 radical (unpaired) electrons. The molecule has 3 unspecified atom stereocenters. The van der Waals surface area contributed by atoms with Gasteiger partial charge in [0, 0.05) is 0 Å². The molecule has 0 spiro atoms. The highest BCUT2D eigenvalue weighted by molar-refractivity contribution is 6.39. The van der Waals surface area contributed by atoms with E-state index in [1.54, 1.807) is 0 Å². The minimum absolute atomic E-state index is 0.437. The minimum atomic E-state index is -0.437. The van der Waals surface area contributed by atoms with Crippen molar-refractivity contribution < 1.29 is 0 Å². The Morgan fingerprint density at radius 1 is 1.00 bits per heavy atom. The summed E-state index contributed by atoms with van der Waals surface area (Å²) in [6, 6.07) is 0. The molecule has 3 atom stereocenters. The van der Waals surface area contributed by atoms with Crippen LogP contribution in [-0.4, -0.2) is 15.7 Å². The van der Waals surface area contributed by atoms with E-state index in [1.165, 1.54) is 38.5 Å². The largest absolute Gasteiger partial charge is 0.0987 e. The average molecular weight is 172 g/mol. The summed E-state index contributed by atoms with van der Waals surface area (Å²) in [5.41, 5.74) is 0. The van der Waals surface area contributed by atoms with Gasteiger partial charge in [0.1, 0.15) is 0 Å². The highest BCUT2D eigenvalue weighted by Gasteiger charge is 2.40. The number of hydrogen-bond acceptors (Lipinski definition) is 0. The lowest BCUT2D eigenvalue weighted by Crippen LogP contribution is -2.33. The lowest BCUT2D eigenvalue weighted by atomic mass is 9.44. The molecule has 0 nitrogen and oxygen atoms in total. The molecule has 2 aliphatic rings. The first kappa shape index (κ1) is 9.68. The zero-order valence-corrected chi connectivity index (χ0v) is 8.63. The summed E-state index contributed by atoms with van der Waals surface area (Å²) in [4.78, 5) is 0. The Balaban J connectivity index is 2.10. The molecular formula is C11H18B2. The molecule has 0 heterocycles. The first-order valence-corrected chi connectivity index (χ1v) is 5.67. The average Bonchev–Trinajstić information content (AvgIpc) is 2.48. The smallest absolute Gasteiger partial charge is 0.0620 e. The van der Waals surface area contributed by atoms with Crippen molar-refractivity contribution >= 4 is 15.7 Å². The lowest BCUT2D eigenvalue weighted by molar-refractivity contribution is 0.167. The third kappa shape index (κ3) is 1.82. The van der Waals surface area contributed by atoms with Crippen LogP contribution >= 0.6 is 0 Å². The van der Waals surface area contributed by atoms with E-state index in [0.29, 0.717) is 5.92 Å². The predicted octanol–water partition coefficient (Wildman–Crippen LogP) is 2.68. The molecule has 2 heteroatoms. The van der Waals surface area contributed by atoms with Gasteiger partial charge in [0.15, 0.2) is 0 Å². The molecule has 2 saturated carbocycles. The van der Waals surface area contributed by atoms with Gasteiger partial charge in [-0.05, 0) is 24.2 Å². The summed E-state index contributed by atoms with van der Waals surface area (Å²) in [7, 11) is 12.1. The van der Waals surface area contributed by atoms with Crippen LogP contribution in [0.5, 0.6) is 0 Å². The van der Waals surface area contributed by atoms with Gasteiger partial charge in [-0.2, -0.15) is 0 Å². The summed E-state index contributed by atoms with van der Waals surface area (Å²) in [5, 5.41) is -0.437. The SMILES string of the molecule is [B]C([B])(C)C1CCCC2CCCC21. The van der Waals surface area contributed by atoms with Crippen molar-refractivity contribution in [1.29, 1.82) is 0 Å². The molecule has 13 heavy (non-hydrogen) atoms. The Bertz CT molecular complexity index is 183. The van der Waals surface area contributed by atoms with Crippen LogP contribution in [0.3, 0.4) is 0 Å². The molecule has 2 rings (SSSR count). The Labute approximate surface area is 84.7 Å². The second-order valence-corrected chi connectivity index (χ2v) is 5.26. The molecule has 0 amide bonds.